The third-order valence-electron chi connectivity index (χ3n) is 2.70. The van der Waals surface area contributed by atoms with Gasteiger partial charge in [0, 0.05) is 10.6 Å². The molecule has 0 radical (unpaired) electrons. The smallest absolute Gasteiger partial charge is 0.338 e. The van der Waals surface area contributed by atoms with Crippen LogP contribution in [0, 0.1) is 0 Å². The van der Waals surface area contributed by atoms with Gasteiger partial charge in [-0.15, -0.1) is 0 Å². The van der Waals surface area contributed by atoms with Crippen molar-refractivity contribution in [1.29, 1.82) is 0 Å². The van der Waals surface area contributed by atoms with Crippen LogP contribution in [-0.2, 0) is 11.3 Å². The summed E-state index contributed by atoms with van der Waals surface area (Å²) in [6.07, 6.45) is 0. The quantitative estimate of drug-likeness (QED) is 0.759. The Morgan fingerprint density at radius 2 is 2.00 bits per heavy atom. The molecule has 104 valence electrons. The summed E-state index contributed by atoms with van der Waals surface area (Å²) in [7, 11) is 1.36. The van der Waals surface area contributed by atoms with Gasteiger partial charge < -0.3 is 9.47 Å². The lowest BCUT2D eigenvalue weighted by Crippen LogP contribution is -2.07. The van der Waals surface area contributed by atoms with Crippen LogP contribution in [0.3, 0.4) is 0 Å². The summed E-state index contributed by atoms with van der Waals surface area (Å²) in [4.78, 5) is 11.7. The van der Waals surface area contributed by atoms with Crippen molar-refractivity contribution in [2.24, 2.45) is 0 Å². The summed E-state index contributed by atoms with van der Waals surface area (Å²) in [6, 6.07) is 12.4. The first-order valence-corrected chi connectivity index (χ1v) is 7.03. The molecule has 2 aromatic carbocycles. The minimum absolute atomic E-state index is 0.269. The largest absolute Gasteiger partial charge is 0.488 e. The zero-order valence-corrected chi connectivity index (χ0v) is 13.1. The Morgan fingerprint density at radius 3 is 2.70 bits per heavy atom. The average molecular weight is 356 g/mol. The Balaban J connectivity index is 2.17. The second kappa shape index (κ2) is 6.77. The highest BCUT2D eigenvalue weighted by atomic mass is 79.9. The van der Waals surface area contributed by atoms with E-state index < -0.39 is 0 Å². The van der Waals surface area contributed by atoms with Gasteiger partial charge in [-0.3, -0.25) is 0 Å². The fourth-order valence-electron chi connectivity index (χ4n) is 1.70. The molecular formula is C15H12BrClO3. The number of hydrogen-bond donors (Lipinski definition) is 0. The topological polar surface area (TPSA) is 35.5 Å². The number of ether oxygens (including phenoxy) is 2. The highest BCUT2D eigenvalue weighted by Gasteiger charge is 2.11. The van der Waals surface area contributed by atoms with Crippen LogP contribution in [0.25, 0.3) is 0 Å². The summed E-state index contributed by atoms with van der Waals surface area (Å²) in [6.45, 7) is 0.269. The third-order valence-corrected chi connectivity index (χ3v) is 3.55. The van der Waals surface area contributed by atoms with Crippen LogP contribution in [0.4, 0.5) is 0 Å². The molecule has 20 heavy (non-hydrogen) atoms. The van der Waals surface area contributed by atoms with Crippen molar-refractivity contribution < 1.29 is 14.3 Å². The molecule has 3 nitrogen and oxygen atoms in total. The molecule has 0 aliphatic rings. The van der Waals surface area contributed by atoms with Crippen molar-refractivity contribution in [3.05, 3.63) is 63.1 Å². The molecule has 0 aromatic heterocycles. The number of esters is 1. The number of carbonyl (C=O) groups is 1. The van der Waals surface area contributed by atoms with Crippen LogP contribution in [-0.4, -0.2) is 13.1 Å². The number of methoxy groups -OCH3 is 1. The van der Waals surface area contributed by atoms with E-state index in [0.29, 0.717) is 16.3 Å². The van der Waals surface area contributed by atoms with Crippen molar-refractivity contribution in [2.75, 3.05) is 7.11 Å². The summed E-state index contributed by atoms with van der Waals surface area (Å²) in [5.74, 6) is 0.286. The fraction of sp³-hybridized carbons (Fsp3) is 0.133. The second-order valence-electron chi connectivity index (χ2n) is 4.01. The average Bonchev–Trinajstić information content (AvgIpc) is 2.46. The van der Waals surface area contributed by atoms with E-state index >= 15 is 0 Å². The Labute approximate surface area is 130 Å². The number of halogens is 2. The van der Waals surface area contributed by atoms with Crippen molar-refractivity contribution in [1.82, 2.24) is 0 Å². The van der Waals surface area contributed by atoms with Gasteiger partial charge in [0.2, 0.25) is 0 Å². The number of carbonyl (C=O) groups excluding carboxylic acids is 1. The standard InChI is InChI=1S/C15H12BrClO3/c1-19-15(18)12-5-3-2-4-10(12)9-20-14-7-6-11(17)8-13(14)16/h2-8H,9H2,1H3. The lowest BCUT2D eigenvalue weighted by atomic mass is 10.1. The first-order chi connectivity index (χ1) is 9.61. The first-order valence-electron chi connectivity index (χ1n) is 5.86. The monoisotopic (exact) mass is 354 g/mol. The van der Waals surface area contributed by atoms with Crippen molar-refractivity contribution in [3.63, 3.8) is 0 Å². The SMILES string of the molecule is COC(=O)c1ccccc1COc1ccc(Cl)cc1Br. The molecule has 0 saturated carbocycles. The van der Waals surface area contributed by atoms with Gasteiger partial charge in [-0.1, -0.05) is 29.8 Å². The molecule has 0 bridgehead atoms. The van der Waals surface area contributed by atoms with Crippen LogP contribution in [0.5, 0.6) is 5.75 Å². The summed E-state index contributed by atoms with van der Waals surface area (Å²) >= 11 is 9.25. The molecule has 0 aliphatic heterocycles. The Hall–Kier alpha value is -1.52. The van der Waals surface area contributed by atoms with Crippen molar-refractivity contribution in [3.8, 4) is 5.75 Å². The van der Waals surface area contributed by atoms with Crippen LogP contribution < -0.4 is 4.74 Å². The van der Waals surface area contributed by atoms with E-state index in [1.54, 1.807) is 30.3 Å². The minimum atomic E-state index is -0.376. The van der Waals surface area contributed by atoms with Crippen molar-refractivity contribution >= 4 is 33.5 Å². The maximum absolute atomic E-state index is 11.7. The van der Waals surface area contributed by atoms with Gasteiger partial charge in [-0.25, -0.2) is 4.79 Å². The molecule has 0 amide bonds. The van der Waals surface area contributed by atoms with Gasteiger partial charge in [0.05, 0.1) is 17.1 Å². The van der Waals surface area contributed by atoms with Gasteiger partial charge >= 0.3 is 5.97 Å². The molecule has 0 saturated heterocycles. The Morgan fingerprint density at radius 1 is 1.25 bits per heavy atom. The zero-order chi connectivity index (χ0) is 14.5. The Kier molecular flexibility index (Phi) is 5.04. The number of rotatable bonds is 4. The zero-order valence-electron chi connectivity index (χ0n) is 10.7. The molecule has 5 heteroatoms. The molecule has 2 aromatic rings. The number of benzene rings is 2. The van der Waals surface area contributed by atoms with Crippen molar-refractivity contribution in [2.45, 2.75) is 6.61 Å². The lowest BCUT2D eigenvalue weighted by Gasteiger charge is -2.11. The van der Waals surface area contributed by atoms with Gasteiger partial charge in [-0.2, -0.15) is 0 Å². The number of hydrogen-bond acceptors (Lipinski definition) is 3. The van der Waals surface area contributed by atoms with E-state index in [0.717, 1.165) is 10.0 Å². The molecule has 0 heterocycles. The molecule has 0 N–H and O–H groups in total. The molecule has 0 aliphatic carbocycles. The van der Waals surface area contributed by atoms with E-state index in [2.05, 4.69) is 15.9 Å². The predicted molar refractivity (Wildman–Crippen MR) is 81.3 cm³/mol. The maximum Gasteiger partial charge on any atom is 0.338 e. The van der Waals surface area contributed by atoms with E-state index in [1.165, 1.54) is 7.11 Å². The summed E-state index contributed by atoms with van der Waals surface area (Å²) in [5, 5.41) is 0.624. The van der Waals surface area contributed by atoms with E-state index in [4.69, 9.17) is 21.1 Å². The maximum atomic E-state index is 11.7. The van der Waals surface area contributed by atoms with Crippen LogP contribution in [0.15, 0.2) is 46.9 Å². The van der Waals surface area contributed by atoms with E-state index in [-0.39, 0.29) is 12.6 Å². The van der Waals surface area contributed by atoms with Gasteiger partial charge in [0.1, 0.15) is 12.4 Å². The van der Waals surface area contributed by atoms with Crippen LogP contribution >= 0.6 is 27.5 Å². The Bertz CT molecular complexity index is 628. The molecule has 0 spiro atoms. The molecule has 0 atom stereocenters. The highest BCUT2D eigenvalue weighted by Crippen LogP contribution is 2.28. The molecular weight excluding hydrogens is 344 g/mol. The second-order valence-corrected chi connectivity index (χ2v) is 5.30. The van der Waals surface area contributed by atoms with Crippen LogP contribution in [0.2, 0.25) is 5.02 Å². The van der Waals surface area contributed by atoms with Crippen LogP contribution in [0.1, 0.15) is 15.9 Å². The summed E-state index contributed by atoms with van der Waals surface area (Å²) in [5.41, 5.74) is 1.27. The lowest BCUT2D eigenvalue weighted by molar-refractivity contribution is 0.0597. The molecule has 2 rings (SSSR count). The first kappa shape index (κ1) is 14.9. The minimum Gasteiger partial charge on any atom is -0.488 e. The van der Waals surface area contributed by atoms with Gasteiger partial charge in [0.15, 0.2) is 0 Å². The normalized spacial score (nSPS) is 10.2. The van der Waals surface area contributed by atoms with E-state index in [9.17, 15) is 4.79 Å². The predicted octanol–water partition coefficient (Wildman–Crippen LogP) is 4.47. The fourth-order valence-corrected chi connectivity index (χ4v) is 2.50. The summed E-state index contributed by atoms with van der Waals surface area (Å²) < 4.78 is 11.2. The highest BCUT2D eigenvalue weighted by molar-refractivity contribution is 9.10. The third kappa shape index (κ3) is 3.52. The van der Waals surface area contributed by atoms with E-state index in [1.807, 2.05) is 12.1 Å². The molecule has 0 unspecified atom stereocenters. The van der Waals surface area contributed by atoms with Gasteiger partial charge in [0.25, 0.3) is 0 Å². The van der Waals surface area contributed by atoms with Gasteiger partial charge in [-0.05, 0) is 40.2 Å². The molecule has 0 fully saturated rings.